The van der Waals surface area contributed by atoms with Crippen molar-refractivity contribution in [2.24, 2.45) is 0 Å². The van der Waals surface area contributed by atoms with Crippen molar-refractivity contribution in [3.05, 3.63) is 54.1 Å². The van der Waals surface area contributed by atoms with Crippen LogP contribution in [-0.4, -0.2) is 45.5 Å². The number of sulfonamides is 1. The lowest BCUT2D eigenvalue weighted by molar-refractivity contribution is -0.137. The summed E-state index contributed by atoms with van der Waals surface area (Å²) in [6.45, 7) is 4.81. The summed E-state index contributed by atoms with van der Waals surface area (Å²) >= 11 is 0. The van der Waals surface area contributed by atoms with Gasteiger partial charge in [-0.05, 0) is 69.0 Å². The Labute approximate surface area is 179 Å². The highest BCUT2D eigenvalue weighted by molar-refractivity contribution is 7.92. The van der Waals surface area contributed by atoms with Gasteiger partial charge in [0.05, 0.1) is 10.6 Å². The van der Waals surface area contributed by atoms with E-state index in [1.54, 1.807) is 48.5 Å². The first-order chi connectivity index (χ1) is 14.3. The molecule has 0 N–H and O–H groups in total. The van der Waals surface area contributed by atoms with Gasteiger partial charge in [0.1, 0.15) is 5.75 Å². The molecule has 0 saturated carbocycles. The second-order valence-electron chi connectivity index (χ2n) is 7.71. The third-order valence-corrected chi connectivity index (χ3v) is 7.46. The van der Waals surface area contributed by atoms with Crippen LogP contribution in [0, 0.1) is 6.92 Å². The van der Waals surface area contributed by atoms with E-state index in [2.05, 4.69) is 6.92 Å². The molecule has 7 heteroatoms. The fourth-order valence-electron chi connectivity index (χ4n) is 3.74. The van der Waals surface area contributed by atoms with Gasteiger partial charge >= 0.3 is 0 Å². The number of piperidine rings is 1. The highest BCUT2D eigenvalue weighted by Gasteiger charge is 2.25. The molecule has 1 amide bonds. The molecule has 0 radical (unpaired) electrons. The van der Waals surface area contributed by atoms with Gasteiger partial charge in [-0.15, -0.1) is 0 Å². The number of amides is 1. The summed E-state index contributed by atoms with van der Waals surface area (Å²) in [7, 11) is -2.12. The van der Waals surface area contributed by atoms with Crippen LogP contribution in [0.15, 0.2) is 53.4 Å². The van der Waals surface area contributed by atoms with Crippen molar-refractivity contribution in [3.63, 3.8) is 0 Å². The third kappa shape index (κ3) is 4.95. The molecular weight excluding hydrogens is 400 g/mol. The maximum Gasteiger partial charge on any atom is 0.264 e. The molecule has 1 aliphatic heterocycles. The summed E-state index contributed by atoms with van der Waals surface area (Å²) in [5, 5.41) is 0. The van der Waals surface area contributed by atoms with Crippen molar-refractivity contribution >= 4 is 21.6 Å². The molecule has 3 rings (SSSR count). The van der Waals surface area contributed by atoms with E-state index in [9.17, 15) is 13.2 Å². The van der Waals surface area contributed by atoms with Gasteiger partial charge in [-0.2, -0.15) is 0 Å². The molecule has 162 valence electrons. The molecule has 0 aliphatic carbocycles. The lowest BCUT2D eigenvalue weighted by Gasteiger charge is -2.35. The Balaban J connectivity index is 1.63. The van der Waals surface area contributed by atoms with Crippen molar-refractivity contribution in [2.45, 2.75) is 50.5 Å². The van der Waals surface area contributed by atoms with Crippen LogP contribution in [-0.2, 0) is 14.8 Å². The van der Waals surface area contributed by atoms with Gasteiger partial charge in [0.2, 0.25) is 0 Å². The van der Waals surface area contributed by atoms with Gasteiger partial charge in [-0.25, -0.2) is 8.42 Å². The van der Waals surface area contributed by atoms with Crippen LogP contribution in [0.2, 0.25) is 0 Å². The van der Waals surface area contributed by atoms with Crippen LogP contribution >= 0.6 is 0 Å². The summed E-state index contributed by atoms with van der Waals surface area (Å²) in [6.07, 6.45) is 4.23. The number of aryl methyl sites for hydroxylation is 1. The van der Waals surface area contributed by atoms with Gasteiger partial charge in [-0.1, -0.05) is 24.6 Å². The standard InChI is InChI=1S/C23H30N2O4S/c1-4-19-7-5-6-16-25(19)23(26)17-29-21-12-10-20(11-13-21)24(3)30(27,28)22-14-8-18(2)9-15-22/h8-15,19H,4-7,16-17H2,1-3H3/t19-/m1/s1. The molecule has 1 fully saturated rings. The maximum absolute atomic E-state index is 12.8. The molecule has 2 aromatic rings. The van der Waals surface area contributed by atoms with E-state index in [1.165, 1.54) is 17.8 Å². The summed E-state index contributed by atoms with van der Waals surface area (Å²) in [5.74, 6) is 0.544. The second-order valence-corrected chi connectivity index (χ2v) is 9.68. The average Bonchev–Trinajstić information content (AvgIpc) is 2.77. The Hall–Kier alpha value is -2.54. The number of ether oxygens (including phenoxy) is 1. The number of nitrogens with zero attached hydrogens (tertiary/aromatic N) is 2. The number of carbonyl (C=O) groups excluding carboxylic acids is 1. The van der Waals surface area contributed by atoms with Gasteiger partial charge in [-0.3, -0.25) is 9.10 Å². The van der Waals surface area contributed by atoms with E-state index in [0.717, 1.165) is 31.4 Å². The van der Waals surface area contributed by atoms with Crippen LogP contribution < -0.4 is 9.04 Å². The van der Waals surface area contributed by atoms with Crippen molar-refractivity contribution in [3.8, 4) is 5.75 Å². The molecule has 0 aromatic heterocycles. The van der Waals surface area contributed by atoms with E-state index in [-0.39, 0.29) is 17.4 Å². The zero-order chi connectivity index (χ0) is 21.7. The summed E-state index contributed by atoms with van der Waals surface area (Å²) in [5.41, 5.74) is 1.53. The van der Waals surface area contributed by atoms with Crippen LogP contribution in [0.25, 0.3) is 0 Å². The highest BCUT2D eigenvalue weighted by atomic mass is 32.2. The Morgan fingerprint density at radius 2 is 1.77 bits per heavy atom. The predicted octanol–water partition coefficient (Wildman–Crippen LogP) is 3.99. The molecule has 1 saturated heterocycles. The van der Waals surface area contributed by atoms with Crippen molar-refractivity contribution in [2.75, 3.05) is 24.5 Å². The summed E-state index contributed by atoms with van der Waals surface area (Å²) in [6, 6.07) is 13.8. The van der Waals surface area contributed by atoms with Crippen LogP contribution in [0.3, 0.4) is 0 Å². The van der Waals surface area contributed by atoms with E-state index in [0.29, 0.717) is 17.5 Å². The topological polar surface area (TPSA) is 66.9 Å². The Morgan fingerprint density at radius 1 is 1.10 bits per heavy atom. The molecular formula is C23H30N2O4S. The highest BCUT2D eigenvalue weighted by Crippen LogP contribution is 2.25. The minimum atomic E-state index is -3.64. The molecule has 0 bridgehead atoms. The molecule has 1 aliphatic rings. The number of benzene rings is 2. The number of anilines is 1. The lowest BCUT2D eigenvalue weighted by atomic mass is 10.00. The number of hydrogen-bond donors (Lipinski definition) is 0. The average molecular weight is 431 g/mol. The summed E-state index contributed by atoms with van der Waals surface area (Å²) in [4.78, 5) is 14.7. The van der Waals surface area contributed by atoms with Crippen molar-refractivity contribution in [1.29, 1.82) is 0 Å². The number of rotatable bonds is 7. The minimum absolute atomic E-state index is 0.00435. The molecule has 0 unspecified atom stereocenters. The predicted molar refractivity (Wildman–Crippen MR) is 118 cm³/mol. The smallest absolute Gasteiger partial charge is 0.264 e. The van der Waals surface area contributed by atoms with E-state index in [1.807, 2.05) is 11.8 Å². The Morgan fingerprint density at radius 3 is 2.40 bits per heavy atom. The maximum atomic E-state index is 12.8. The van der Waals surface area contributed by atoms with E-state index >= 15 is 0 Å². The number of likely N-dealkylation sites (tertiary alicyclic amines) is 1. The lowest BCUT2D eigenvalue weighted by Crippen LogP contribution is -2.45. The number of hydrogen-bond acceptors (Lipinski definition) is 4. The molecule has 2 aromatic carbocycles. The largest absolute Gasteiger partial charge is 0.484 e. The van der Waals surface area contributed by atoms with Crippen LogP contribution in [0.5, 0.6) is 5.75 Å². The molecule has 0 spiro atoms. The third-order valence-electron chi connectivity index (χ3n) is 5.66. The summed E-state index contributed by atoms with van der Waals surface area (Å²) < 4.78 is 32.6. The first-order valence-electron chi connectivity index (χ1n) is 10.4. The Bertz CT molecular complexity index is 956. The molecule has 6 nitrogen and oxygen atoms in total. The van der Waals surface area contributed by atoms with Crippen LogP contribution in [0.1, 0.15) is 38.2 Å². The van der Waals surface area contributed by atoms with Gasteiger partial charge < -0.3 is 9.64 Å². The first kappa shape index (κ1) is 22.2. The normalized spacial score (nSPS) is 16.9. The molecule has 1 heterocycles. The van der Waals surface area contributed by atoms with Crippen molar-refractivity contribution < 1.29 is 17.9 Å². The zero-order valence-corrected chi connectivity index (χ0v) is 18.7. The molecule has 30 heavy (non-hydrogen) atoms. The fourth-order valence-corrected chi connectivity index (χ4v) is 4.94. The number of carbonyl (C=O) groups is 1. The fraction of sp³-hybridized carbons (Fsp3) is 0.435. The Kier molecular flexibility index (Phi) is 7.02. The zero-order valence-electron chi connectivity index (χ0n) is 17.9. The van der Waals surface area contributed by atoms with Gasteiger partial charge in [0, 0.05) is 19.6 Å². The minimum Gasteiger partial charge on any atom is -0.484 e. The van der Waals surface area contributed by atoms with Gasteiger partial charge in [0.25, 0.3) is 15.9 Å². The second kappa shape index (κ2) is 9.51. The molecule has 1 atom stereocenters. The van der Waals surface area contributed by atoms with Crippen LogP contribution in [0.4, 0.5) is 5.69 Å². The van der Waals surface area contributed by atoms with E-state index in [4.69, 9.17) is 4.74 Å². The van der Waals surface area contributed by atoms with E-state index < -0.39 is 10.0 Å². The van der Waals surface area contributed by atoms with Crippen molar-refractivity contribution in [1.82, 2.24) is 4.90 Å². The first-order valence-corrected chi connectivity index (χ1v) is 11.8. The van der Waals surface area contributed by atoms with Gasteiger partial charge in [0.15, 0.2) is 6.61 Å². The quantitative estimate of drug-likeness (QED) is 0.666. The SMILES string of the molecule is CC[C@@H]1CCCCN1C(=O)COc1ccc(N(C)S(=O)(=O)c2ccc(C)cc2)cc1. The monoisotopic (exact) mass is 430 g/mol.